The number of anilines is 1. The zero-order chi connectivity index (χ0) is 18.5. The molecule has 0 aliphatic heterocycles. The van der Waals surface area contributed by atoms with Gasteiger partial charge in [0.1, 0.15) is 5.75 Å². The van der Waals surface area contributed by atoms with Gasteiger partial charge < -0.3 is 4.74 Å². The molecule has 0 fully saturated rings. The van der Waals surface area contributed by atoms with Gasteiger partial charge in [-0.05, 0) is 37.0 Å². The van der Waals surface area contributed by atoms with Gasteiger partial charge in [0.15, 0.2) is 11.7 Å². The van der Waals surface area contributed by atoms with Crippen LogP contribution in [0.15, 0.2) is 47.8 Å². The van der Waals surface area contributed by atoms with Crippen molar-refractivity contribution in [1.29, 1.82) is 0 Å². The number of para-hydroxylation sites is 1. The maximum atomic E-state index is 12.2. The van der Waals surface area contributed by atoms with E-state index in [4.69, 9.17) is 4.74 Å². The Balaban J connectivity index is 1.60. The minimum Gasteiger partial charge on any atom is -0.483 e. The van der Waals surface area contributed by atoms with E-state index in [9.17, 15) is 4.79 Å². The van der Waals surface area contributed by atoms with E-state index in [1.165, 1.54) is 16.9 Å². The van der Waals surface area contributed by atoms with Gasteiger partial charge in [-0.1, -0.05) is 49.4 Å². The average Bonchev–Trinajstić information content (AvgIpc) is 3.10. The smallest absolute Gasteiger partial charge is 0.264 e. The van der Waals surface area contributed by atoms with Crippen molar-refractivity contribution in [2.75, 3.05) is 11.9 Å². The van der Waals surface area contributed by atoms with E-state index in [-0.39, 0.29) is 12.5 Å². The van der Waals surface area contributed by atoms with Crippen LogP contribution in [0.5, 0.6) is 5.75 Å². The van der Waals surface area contributed by atoms with Crippen molar-refractivity contribution in [2.24, 2.45) is 0 Å². The number of ether oxygens (including phenoxy) is 1. The van der Waals surface area contributed by atoms with Crippen molar-refractivity contribution < 1.29 is 9.53 Å². The quantitative estimate of drug-likeness (QED) is 0.667. The van der Waals surface area contributed by atoms with Gasteiger partial charge in [-0.3, -0.25) is 10.1 Å². The third-order valence-electron chi connectivity index (χ3n) is 4.16. The van der Waals surface area contributed by atoms with E-state index < -0.39 is 0 Å². The first-order valence-electron chi connectivity index (χ1n) is 8.60. The van der Waals surface area contributed by atoms with Crippen LogP contribution in [0, 0.1) is 13.8 Å². The summed E-state index contributed by atoms with van der Waals surface area (Å²) in [5, 5.41) is 5.33. The molecular weight excluding hydrogens is 344 g/mol. The summed E-state index contributed by atoms with van der Waals surface area (Å²) in [6.07, 6.45) is 1.01. The molecule has 0 aliphatic carbocycles. The third-order valence-corrected chi connectivity index (χ3v) is 4.92. The number of aromatic nitrogens is 1. The fraction of sp³-hybridized carbons (Fsp3) is 0.238. The highest BCUT2D eigenvalue weighted by atomic mass is 32.1. The number of hydrogen-bond donors (Lipinski definition) is 1. The topological polar surface area (TPSA) is 51.2 Å². The van der Waals surface area contributed by atoms with Crippen molar-refractivity contribution in [3.63, 3.8) is 0 Å². The maximum Gasteiger partial charge on any atom is 0.264 e. The van der Waals surface area contributed by atoms with Crippen LogP contribution < -0.4 is 10.1 Å². The second-order valence-electron chi connectivity index (χ2n) is 6.15. The minimum atomic E-state index is -0.213. The summed E-state index contributed by atoms with van der Waals surface area (Å²) in [5.74, 6) is 0.549. The van der Waals surface area contributed by atoms with E-state index in [1.807, 2.05) is 37.4 Å². The number of rotatable bonds is 6. The number of nitrogens with zero attached hydrogens (tertiary/aromatic N) is 1. The molecule has 0 spiro atoms. The molecule has 0 unspecified atom stereocenters. The van der Waals surface area contributed by atoms with Crippen LogP contribution >= 0.6 is 11.3 Å². The molecule has 3 aromatic rings. The lowest BCUT2D eigenvalue weighted by atomic mass is 10.1. The monoisotopic (exact) mass is 366 g/mol. The van der Waals surface area contributed by atoms with Gasteiger partial charge in [0.2, 0.25) is 0 Å². The highest BCUT2D eigenvalue weighted by Crippen LogP contribution is 2.26. The Hall–Kier alpha value is -2.66. The van der Waals surface area contributed by atoms with Crippen LogP contribution in [0.4, 0.5) is 5.13 Å². The first-order valence-corrected chi connectivity index (χ1v) is 9.48. The summed E-state index contributed by atoms with van der Waals surface area (Å²) in [7, 11) is 0. The van der Waals surface area contributed by atoms with Gasteiger partial charge in [0.05, 0.1) is 5.69 Å². The van der Waals surface area contributed by atoms with Crippen LogP contribution in [0.3, 0.4) is 0 Å². The third kappa shape index (κ3) is 4.29. The number of benzene rings is 2. The normalized spacial score (nSPS) is 10.6. The Bertz CT molecular complexity index is 880. The first kappa shape index (κ1) is 18.1. The van der Waals surface area contributed by atoms with Gasteiger partial charge in [0.25, 0.3) is 5.91 Å². The molecule has 0 aliphatic rings. The van der Waals surface area contributed by atoms with E-state index in [1.54, 1.807) is 0 Å². The van der Waals surface area contributed by atoms with Crippen molar-refractivity contribution in [1.82, 2.24) is 4.98 Å². The zero-order valence-corrected chi connectivity index (χ0v) is 16.0. The number of amides is 1. The Morgan fingerprint density at radius 1 is 1.12 bits per heavy atom. The number of carbonyl (C=O) groups is 1. The molecule has 3 rings (SSSR count). The van der Waals surface area contributed by atoms with Crippen LogP contribution in [0.1, 0.15) is 23.6 Å². The standard InChI is InChI=1S/C21H22N2O2S/c1-4-16-8-10-17(11-9-16)18-13-26-21(22-18)23-19(24)12-25-20-14(2)6-5-7-15(20)3/h5-11,13H,4,12H2,1-3H3,(H,22,23,24). The van der Waals surface area contributed by atoms with Gasteiger partial charge in [-0.25, -0.2) is 4.98 Å². The predicted octanol–water partition coefficient (Wildman–Crippen LogP) is 5.01. The molecule has 2 aromatic carbocycles. The lowest BCUT2D eigenvalue weighted by Crippen LogP contribution is -2.20. The van der Waals surface area contributed by atoms with E-state index in [0.717, 1.165) is 34.6 Å². The molecule has 1 amide bonds. The molecule has 0 radical (unpaired) electrons. The Morgan fingerprint density at radius 3 is 2.46 bits per heavy atom. The van der Waals surface area contributed by atoms with Crippen LogP contribution in [-0.2, 0) is 11.2 Å². The largest absolute Gasteiger partial charge is 0.483 e. The van der Waals surface area contributed by atoms with Crippen molar-refractivity contribution in [3.05, 3.63) is 64.5 Å². The van der Waals surface area contributed by atoms with Crippen molar-refractivity contribution in [3.8, 4) is 17.0 Å². The predicted molar refractivity (Wildman–Crippen MR) is 107 cm³/mol. The van der Waals surface area contributed by atoms with Crippen molar-refractivity contribution >= 4 is 22.4 Å². The molecule has 4 nitrogen and oxygen atoms in total. The molecule has 1 aromatic heterocycles. The average molecular weight is 366 g/mol. The molecule has 134 valence electrons. The van der Waals surface area contributed by atoms with Crippen LogP contribution in [0.2, 0.25) is 0 Å². The molecule has 0 saturated heterocycles. The van der Waals surface area contributed by atoms with Gasteiger partial charge in [0, 0.05) is 10.9 Å². The molecule has 5 heteroatoms. The Kier molecular flexibility index (Phi) is 5.68. The van der Waals surface area contributed by atoms with E-state index in [2.05, 4.69) is 41.5 Å². The molecule has 0 saturated carbocycles. The van der Waals surface area contributed by atoms with Gasteiger partial charge in [-0.15, -0.1) is 11.3 Å². The summed E-state index contributed by atoms with van der Waals surface area (Å²) in [6, 6.07) is 14.2. The molecule has 0 bridgehead atoms. The number of nitrogens with one attached hydrogen (secondary N) is 1. The van der Waals surface area contributed by atoms with Crippen molar-refractivity contribution in [2.45, 2.75) is 27.2 Å². The highest BCUT2D eigenvalue weighted by molar-refractivity contribution is 7.14. The van der Waals surface area contributed by atoms with E-state index in [0.29, 0.717) is 5.13 Å². The number of aryl methyl sites for hydroxylation is 3. The molecular formula is C21H22N2O2S. The fourth-order valence-electron chi connectivity index (χ4n) is 2.69. The number of thiazole rings is 1. The lowest BCUT2D eigenvalue weighted by Gasteiger charge is -2.11. The maximum absolute atomic E-state index is 12.2. The van der Waals surface area contributed by atoms with Gasteiger partial charge >= 0.3 is 0 Å². The summed E-state index contributed by atoms with van der Waals surface area (Å²) in [6.45, 7) is 6.03. The second kappa shape index (κ2) is 8.15. The summed E-state index contributed by atoms with van der Waals surface area (Å²) in [5.41, 5.74) is 5.24. The summed E-state index contributed by atoms with van der Waals surface area (Å²) in [4.78, 5) is 16.7. The molecule has 26 heavy (non-hydrogen) atoms. The number of hydrogen-bond acceptors (Lipinski definition) is 4. The fourth-order valence-corrected chi connectivity index (χ4v) is 3.43. The molecule has 0 atom stereocenters. The highest BCUT2D eigenvalue weighted by Gasteiger charge is 2.10. The minimum absolute atomic E-state index is 0.0359. The van der Waals surface area contributed by atoms with Crippen LogP contribution in [-0.4, -0.2) is 17.5 Å². The second-order valence-corrected chi connectivity index (χ2v) is 7.00. The van der Waals surface area contributed by atoms with Crippen LogP contribution in [0.25, 0.3) is 11.3 Å². The summed E-state index contributed by atoms with van der Waals surface area (Å²) < 4.78 is 5.68. The lowest BCUT2D eigenvalue weighted by molar-refractivity contribution is -0.118. The zero-order valence-electron chi connectivity index (χ0n) is 15.2. The molecule has 1 N–H and O–H groups in total. The number of carbonyl (C=O) groups excluding carboxylic acids is 1. The van der Waals surface area contributed by atoms with Gasteiger partial charge in [-0.2, -0.15) is 0 Å². The van der Waals surface area contributed by atoms with E-state index >= 15 is 0 Å². The molecule has 1 heterocycles. The summed E-state index contributed by atoms with van der Waals surface area (Å²) >= 11 is 1.41. The SMILES string of the molecule is CCc1ccc(-c2csc(NC(=O)COc3c(C)cccc3C)n2)cc1. The Labute approximate surface area is 157 Å². The first-order chi connectivity index (χ1) is 12.6. The Morgan fingerprint density at radius 2 is 1.81 bits per heavy atom.